The average Bonchev–Trinajstić information content (AvgIpc) is 3.21. The third-order valence-electron chi connectivity index (χ3n) is 4.34. The second-order valence-corrected chi connectivity index (χ2v) is 6.32. The number of benzene rings is 1. The molecule has 0 bridgehead atoms. The number of H-pyrrole nitrogens is 1. The van der Waals surface area contributed by atoms with E-state index in [1.54, 1.807) is 24.4 Å². The fourth-order valence-electron chi connectivity index (χ4n) is 2.82. The third-order valence-corrected chi connectivity index (χ3v) is 4.34. The molecule has 0 aliphatic heterocycles. The van der Waals surface area contributed by atoms with Gasteiger partial charge in [0.1, 0.15) is 0 Å². The number of nitrogens with one attached hydrogen (secondary N) is 1. The topological polar surface area (TPSA) is 59.2 Å². The molecule has 0 unspecified atom stereocenters. The van der Waals surface area contributed by atoms with Crippen LogP contribution in [0.25, 0.3) is 0 Å². The van der Waals surface area contributed by atoms with Crippen molar-refractivity contribution < 1.29 is 14.3 Å². The van der Waals surface area contributed by atoms with Gasteiger partial charge in [0.25, 0.3) is 0 Å². The number of aromatic amines is 1. The van der Waals surface area contributed by atoms with Crippen LogP contribution in [0.1, 0.15) is 29.9 Å². The van der Waals surface area contributed by atoms with Crippen molar-refractivity contribution in [1.29, 1.82) is 0 Å². The van der Waals surface area contributed by atoms with Crippen LogP contribution in [-0.4, -0.2) is 22.7 Å². The molecule has 1 aromatic carbocycles. The molecule has 0 saturated carbocycles. The summed E-state index contributed by atoms with van der Waals surface area (Å²) >= 11 is 0. The molecular formula is C22H25NO3. The van der Waals surface area contributed by atoms with Gasteiger partial charge < -0.3 is 9.72 Å². The van der Waals surface area contributed by atoms with E-state index in [1.807, 2.05) is 44.2 Å². The molecular weight excluding hydrogens is 326 g/mol. The number of carbonyl (C=O) groups excluding carboxylic acids is 2. The van der Waals surface area contributed by atoms with E-state index in [4.69, 9.17) is 4.74 Å². The lowest BCUT2D eigenvalue weighted by atomic mass is 9.88. The van der Waals surface area contributed by atoms with Gasteiger partial charge in [0.2, 0.25) is 0 Å². The number of hydrogen-bond acceptors (Lipinski definition) is 3. The number of ether oxygens (including phenoxy) is 1. The van der Waals surface area contributed by atoms with Gasteiger partial charge in [-0.2, -0.15) is 0 Å². The smallest absolute Gasteiger partial charge is 0.184 e. The first kappa shape index (κ1) is 19.6. The molecule has 0 aliphatic carbocycles. The normalized spacial score (nSPS) is 14.7. The second kappa shape index (κ2) is 9.68. The monoisotopic (exact) mass is 351 g/mol. The highest BCUT2D eigenvalue weighted by Gasteiger charge is 2.29. The zero-order valence-corrected chi connectivity index (χ0v) is 15.2. The number of carbonyl (C=O) groups is 2. The molecule has 1 N–H and O–H groups in total. The number of ketones is 2. The minimum Gasteiger partial charge on any atom is -0.372 e. The first-order valence-electron chi connectivity index (χ1n) is 8.70. The number of rotatable bonds is 10. The molecule has 0 amide bonds. The second-order valence-electron chi connectivity index (χ2n) is 6.32. The molecule has 4 nitrogen and oxygen atoms in total. The lowest BCUT2D eigenvalue weighted by Gasteiger charge is -2.27. The Morgan fingerprint density at radius 1 is 1.15 bits per heavy atom. The van der Waals surface area contributed by atoms with E-state index < -0.39 is 0 Å². The minimum absolute atomic E-state index is 0.0108. The average molecular weight is 351 g/mol. The molecule has 0 spiro atoms. The maximum absolute atomic E-state index is 12.7. The molecule has 1 aromatic heterocycles. The predicted octanol–water partition coefficient (Wildman–Crippen LogP) is 4.37. The Morgan fingerprint density at radius 3 is 2.50 bits per heavy atom. The molecule has 0 radical (unpaired) electrons. The molecule has 0 aliphatic rings. The van der Waals surface area contributed by atoms with E-state index >= 15 is 0 Å². The predicted molar refractivity (Wildman–Crippen MR) is 103 cm³/mol. The summed E-state index contributed by atoms with van der Waals surface area (Å²) in [6.07, 6.45) is 5.88. The summed E-state index contributed by atoms with van der Waals surface area (Å²) in [5.41, 5.74) is 1.60. The van der Waals surface area contributed by atoms with Gasteiger partial charge in [0, 0.05) is 18.0 Å². The number of allylic oxidation sites excluding steroid dienone is 2. The van der Waals surface area contributed by atoms with E-state index in [0.717, 1.165) is 5.56 Å². The minimum atomic E-state index is -0.365. The summed E-state index contributed by atoms with van der Waals surface area (Å²) in [4.78, 5) is 27.2. The van der Waals surface area contributed by atoms with Crippen molar-refractivity contribution in [2.75, 3.05) is 0 Å². The Hall–Kier alpha value is -2.72. The number of Topliss-reactive ketones (excluding diaryl/α,β-unsaturated/α-hetero) is 1. The van der Waals surface area contributed by atoms with Crippen molar-refractivity contribution in [3.05, 3.63) is 84.7 Å². The lowest BCUT2D eigenvalue weighted by Crippen LogP contribution is -2.33. The number of hydrogen-bond donors (Lipinski definition) is 1. The summed E-state index contributed by atoms with van der Waals surface area (Å²) in [7, 11) is 0. The van der Waals surface area contributed by atoms with Crippen molar-refractivity contribution in [1.82, 2.24) is 4.98 Å². The van der Waals surface area contributed by atoms with Gasteiger partial charge in [0.05, 0.1) is 18.4 Å². The Kier molecular flexibility index (Phi) is 7.30. The van der Waals surface area contributed by atoms with E-state index in [-0.39, 0.29) is 29.5 Å². The highest BCUT2D eigenvalue weighted by Crippen LogP contribution is 2.23. The molecule has 136 valence electrons. The van der Waals surface area contributed by atoms with E-state index in [0.29, 0.717) is 12.3 Å². The van der Waals surface area contributed by atoms with Crippen LogP contribution in [0.15, 0.2) is 73.5 Å². The van der Waals surface area contributed by atoms with Crippen molar-refractivity contribution in [3.63, 3.8) is 0 Å². The molecule has 0 fully saturated rings. The van der Waals surface area contributed by atoms with Gasteiger partial charge >= 0.3 is 0 Å². The van der Waals surface area contributed by atoms with E-state index in [1.165, 1.54) is 12.2 Å². The summed E-state index contributed by atoms with van der Waals surface area (Å²) in [5.74, 6) is -0.655. The maximum atomic E-state index is 12.7. The van der Waals surface area contributed by atoms with Crippen LogP contribution >= 0.6 is 0 Å². The molecule has 2 aromatic rings. The van der Waals surface area contributed by atoms with E-state index in [2.05, 4.69) is 11.6 Å². The molecule has 0 saturated heterocycles. The molecule has 2 rings (SSSR count). The summed E-state index contributed by atoms with van der Waals surface area (Å²) in [5, 5.41) is 0. The Morgan fingerprint density at radius 2 is 1.88 bits per heavy atom. The van der Waals surface area contributed by atoms with Crippen molar-refractivity contribution in [3.8, 4) is 0 Å². The van der Waals surface area contributed by atoms with Gasteiger partial charge in [0.15, 0.2) is 11.6 Å². The van der Waals surface area contributed by atoms with Crippen LogP contribution in [0.4, 0.5) is 0 Å². The fraction of sp³-hybridized carbons (Fsp3) is 0.273. The van der Waals surface area contributed by atoms with Gasteiger partial charge in [-0.1, -0.05) is 56.8 Å². The van der Waals surface area contributed by atoms with Crippen LogP contribution in [0, 0.1) is 11.8 Å². The molecule has 26 heavy (non-hydrogen) atoms. The first-order valence-corrected chi connectivity index (χ1v) is 8.70. The standard InChI is InChI=1S/C22H25NO3/c1-4-19(24)13-12-16(2)22(26-15-18-9-6-5-7-10-18)17(3)21(25)20-11-8-14-23-20/h4-14,16-17,22-23H,1,15H2,2-3H3/b13-12+/t16-,17-,22+/m1/s1. The molecule has 3 atom stereocenters. The van der Waals surface area contributed by atoms with Crippen LogP contribution in [0.2, 0.25) is 0 Å². The first-order chi connectivity index (χ1) is 12.5. The Bertz CT molecular complexity index is 747. The summed E-state index contributed by atoms with van der Waals surface area (Å²) < 4.78 is 6.11. The van der Waals surface area contributed by atoms with Crippen LogP contribution in [0.3, 0.4) is 0 Å². The van der Waals surface area contributed by atoms with Crippen LogP contribution in [-0.2, 0) is 16.1 Å². The highest BCUT2D eigenvalue weighted by atomic mass is 16.5. The van der Waals surface area contributed by atoms with Gasteiger partial charge in [-0.25, -0.2) is 0 Å². The van der Waals surface area contributed by atoms with Gasteiger partial charge in [-0.05, 0) is 29.8 Å². The van der Waals surface area contributed by atoms with Crippen molar-refractivity contribution in [2.24, 2.45) is 11.8 Å². The van der Waals surface area contributed by atoms with Crippen LogP contribution < -0.4 is 0 Å². The summed E-state index contributed by atoms with van der Waals surface area (Å²) in [6, 6.07) is 13.4. The fourth-order valence-corrected chi connectivity index (χ4v) is 2.82. The molecule has 4 heteroatoms. The van der Waals surface area contributed by atoms with Crippen molar-refractivity contribution >= 4 is 11.6 Å². The zero-order chi connectivity index (χ0) is 18.9. The zero-order valence-electron chi connectivity index (χ0n) is 15.2. The Labute approximate surface area is 154 Å². The van der Waals surface area contributed by atoms with E-state index in [9.17, 15) is 9.59 Å². The quantitative estimate of drug-likeness (QED) is 0.511. The van der Waals surface area contributed by atoms with Crippen LogP contribution in [0.5, 0.6) is 0 Å². The maximum Gasteiger partial charge on any atom is 0.184 e. The lowest BCUT2D eigenvalue weighted by molar-refractivity contribution is -0.110. The SMILES string of the molecule is C=CC(=O)/C=C/[C@@H](C)[C@H](OCc1ccccc1)[C@H](C)C(=O)c1ccc[nH]1. The van der Waals surface area contributed by atoms with Crippen molar-refractivity contribution in [2.45, 2.75) is 26.6 Å². The third kappa shape index (κ3) is 5.39. The summed E-state index contributed by atoms with van der Waals surface area (Å²) in [6.45, 7) is 7.68. The largest absolute Gasteiger partial charge is 0.372 e. The molecule has 1 heterocycles. The Balaban J connectivity index is 2.16. The highest BCUT2D eigenvalue weighted by molar-refractivity contribution is 5.98. The number of aromatic nitrogens is 1. The van der Waals surface area contributed by atoms with Gasteiger partial charge in [-0.3, -0.25) is 9.59 Å². The van der Waals surface area contributed by atoms with Gasteiger partial charge in [-0.15, -0.1) is 0 Å².